The van der Waals surface area contributed by atoms with E-state index >= 15 is 0 Å². The van der Waals surface area contributed by atoms with Crippen LogP contribution in [0.4, 0.5) is 0 Å². The first-order valence-corrected chi connectivity index (χ1v) is 5.41. The molecule has 1 atom stereocenters. The summed E-state index contributed by atoms with van der Waals surface area (Å²) in [6.07, 6.45) is 1.56. The maximum atomic E-state index is 11.7. The Hall–Kier alpha value is -0.570. The van der Waals surface area contributed by atoms with Crippen molar-refractivity contribution in [3.63, 3.8) is 0 Å². The number of carbonyl (C=O) groups excluding carboxylic acids is 1. The number of hydrogen-bond acceptors (Lipinski definition) is 2. The fourth-order valence-electron chi connectivity index (χ4n) is 1.87. The fourth-order valence-corrected chi connectivity index (χ4v) is 1.87. The van der Waals surface area contributed by atoms with Crippen molar-refractivity contribution in [3.8, 4) is 0 Å². The van der Waals surface area contributed by atoms with Crippen molar-refractivity contribution >= 4 is 5.91 Å². The van der Waals surface area contributed by atoms with Gasteiger partial charge in [-0.2, -0.15) is 0 Å². The van der Waals surface area contributed by atoms with Gasteiger partial charge in [0.05, 0.1) is 5.54 Å². The van der Waals surface area contributed by atoms with E-state index < -0.39 is 0 Å². The van der Waals surface area contributed by atoms with Crippen LogP contribution in [-0.2, 0) is 4.79 Å². The Balaban J connectivity index is 2.62. The molecule has 0 bridgehead atoms. The molecule has 2 N–H and O–H groups in total. The van der Waals surface area contributed by atoms with Crippen LogP contribution in [0.3, 0.4) is 0 Å². The normalized spacial score (nSPS) is 26.3. The van der Waals surface area contributed by atoms with E-state index in [4.69, 9.17) is 5.73 Å². The zero-order valence-electron chi connectivity index (χ0n) is 9.71. The SMILES string of the molecule is CC(C)CCN1C(=O)CC(N)C1(C)C. The summed E-state index contributed by atoms with van der Waals surface area (Å²) in [7, 11) is 0. The number of rotatable bonds is 3. The number of carbonyl (C=O) groups is 1. The molecule has 0 aromatic rings. The van der Waals surface area contributed by atoms with Crippen molar-refractivity contribution in [2.24, 2.45) is 11.7 Å². The predicted molar refractivity (Wildman–Crippen MR) is 57.8 cm³/mol. The molecule has 1 fully saturated rings. The molecule has 1 aliphatic heterocycles. The zero-order chi connectivity index (χ0) is 10.9. The van der Waals surface area contributed by atoms with Crippen LogP contribution < -0.4 is 5.73 Å². The van der Waals surface area contributed by atoms with Crippen molar-refractivity contribution < 1.29 is 4.79 Å². The number of likely N-dealkylation sites (tertiary alicyclic amines) is 1. The van der Waals surface area contributed by atoms with E-state index in [1.54, 1.807) is 0 Å². The molecular weight excluding hydrogens is 176 g/mol. The molecule has 1 heterocycles. The van der Waals surface area contributed by atoms with Crippen LogP contribution in [-0.4, -0.2) is 28.9 Å². The molecule has 1 rings (SSSR count). The summed E-state index contributed by atoms with van der Waals surface area (Å²) in [5.41, 5.74) is 5.78. The van der Waals surface area contributed by atoms with Crippen molar-refractivity contribution in [2.75, 3.05) is 6.54 Å². The molecular formula is C11H22N2O. The zero-order valence-corrected chi connectivity index (χ0v) is 9.71. The van der Waals surface area contributed by atoms with Crippen LogP contribution in [0.25, 0.3) is 0 Å². The summed E-state index contributed by atoms with van der Waals surface area (Å²) in [6.45, 7) is 9.31. The van der Waals surface area contributed by atoms with Gasteiger partial charge in [0.25, 0.3) is 0 Å². The first kappa shape index (κ1) is 11.5. The summed E-state index contributed by atoms with van der Waals surface area (Å²) in [5, 5.41) is 0. The summed E-state index contributed by atoms with van der Waals surface area (Å²) in [5.74, 6) is 0.846. The number of nitrogens with two attached hydrogens (primary N) is 1. The largest absolute Gasteiger partial charge is 0.336 e. The van der Waals surface area contributed by atoms with E-state index in [1.165, 1.54) is 0 Å². The van der Waals surface area contributed by atoms with Gasteiger partial charge in [0.2, 0.25) is 5.91 Å². The van der Waals surface area contributed by atoms with Gasteiger partial charge in [0.1, 0.15) is 0 Å². The average Bonchev–Trinajstić information content (AvgIpc) is 2.20. The van der Waals surface area contributed by atoms with Crippen LogP contribution in [0.1, 0.15) is 40.5 Å². The van der Waals surface area contributed by atoms with Gasteiger partial charge in [0.15, 0.2) is 0 Å². The lowest BCUT2D eigenvalue weighted by molar-refractivity contribution is -0.130. The van der Waals surface area contributed by atoms with E-state index in [2.05, 4.69) is 27.7 Å². The minimum Gasteiger partial charge on any atom is -0.336 e. The molecule has 3 heteroatoms. The van der Waals surface area contributed by atoms with Crippen molar-refractivity contribution in [2.45, 2.75) is 52.1 Å². The van der Waals surface area contributed by atoms with E-state index in [1.807, 2.05) is 4.90 Å². The summed E-state index contributed by atoms with van der Waals surface area (Å²) in [4.78, 5) is 13.6. The molecule has 3 nitrogen and oxygen atoms in total. The Bertz CT molecular complexity index is 223. The van der Waals surface area contributed by atoms with E-state index in [0.717, 1.165) is 13.0 Å². The summed E-state index contributed by atoms with van der Waals surface area (Å²) in [6, 6.07) is -0.0119. The topological polar surface area (TPSA) is 46.3 Å². The highest BCUT2D eigenvalue weighted by Gasteiger charge is 2.43. The Morgan fingerprint density at radius 3 is 2.50 bits per heavy atom. The summed E-state index contributed by atoms with van der Waals surface area (Å²) < 4.78 is 0. The molecule has 0 saturated carbocycles. The van der Waals surface area contributed by atoms with Crippen LogP contribution in [0.2, 0.25) is 0 Å². The Labute approximate surface area is 86.6 Å². The predicted octanol–water partition coefficient (Wildman–Crippen LogP) is 1.37. The molecule has 1 saturated heterocycles. The van der Waals surface area contributed by atoms with Gasteiger partial charge in [0, 0.05) is 19.0 Å². The number of hydrogen-bond donors (Lipinski definition) is 1. The van der Waals surface area contributed by atoms with Crippen molar-refractivity contribution in [1.29, 1.82) is 0 Å². The average molecular weight is 198 g/mol. The van der Waals surface area contributed by atoms with Crippen LogP contribution in [0.5, 0.6) is 0 Å². The first-order chi connectivity index (χ1) is 6.35. The quantitative estimate of drug-likeness (QED) is 0.744. The minimum absolute atomic E-state index is 0.0119. The third-order valence-corrected chi connectivity index (χ3v) is 3.23. The molecule has 1 unspecified atom stereocenters. The molecule has 82 valence electrons. The Morgan fingerprint density at radius 2 is 2.14 bits per heavy atom. The molecule has 1 aliphatic rings. The Kier molecular flexibility index (Phi) is 3.20. The van der Waals surface area contributed by atoms with Gasteiger partial charge in [-0.3, -0.25) is 4.79 Å². The van der Waals surface area contributed by atoms with Gasteiger partial charge in [-0.25, -0.2) is 0 Å². The van der Waals surface area contributed by atoms with Crippen LogP contribution in [0, 0.1) is 5.92 Å². The summed E-state index contributed by atoms with van der Waals surface area (Å²) >= 11 is 0. The van der Waals surface area contributed by atoms with Gasteiger partial charge in [-0.15, -0.1) is 0 Å². The van der Waals surface area contributed by atoms with E-state index in [9.17, 15) is 4.79 Å². The van der Waals surface area contributed by atoms with Gasteiger partial charge >= 0.3 is 0 Å². The lowest BCUT2D eigenvalue weighted by Crippen LogP contribution is -2.49. The van der Waals surface area contributed by atoms with Crippen LogP contribution in [0.15, 0.2) is 0 Å². The van der Waals surface area contributed by atoms with E-state index in [0.29, 0.717) is 12.3 Å². The maximum absolute atomic E-state index is 11.7. The smallest absolute Gasteiger partial charge is 0.224 e. The fraction of sp³-hybridized carbons (Fsp3) is 0.909. The van der Waals surface area contributed by atoms with E-state index in [-0.39, 0.29) is 17.5 Å². The third kappa shape index (κ3) is 2.08. The number of amides is 1. The molecule has 0 aromatic carbocycles. The second-order valence-corrected chi connectivity index (χ2v) is 5.19. The monoisotopic (exact) mass is 198 g/mol. The third-order valence-electron chi connectivity index (χ3n) is 3.23. The minimum atomic E-state index is -0.161. The maximum Gasteiger partial charge on any atom is 0.224 e. The van der Waals surface area contributed by atoms with Gasteiger partial charge < -0.3 is 10.6 Å². The molecule has 0 spiro atoms. The second kappa shape index (κ2) is 3.89. The highest BCUT2D eigenvalue weighted by Crippen LogP contribution is 2.28. The van der Waals surface area contributed by atoms with Crippen molar-refractivity contribution in [3.05, 3.63) is 0 Å². The lowest BCUT2D eigenvalue weighted by Gasteiger charge is -2.34. The number of nitrogens with zero attached hydrogens (tertiary/aromatic N) is 1. The molecule has 0 radical (unpaired) electrons. The molecule has 0 aromatic heterocycles. The van der Waals surface area contributed by atoms with Gasteiger partial charge in [-0.05, 0) is 26.2 Å². The second-order valence-electron chi connectivity index (χ2n) is 5.19. The molecule has 0 aliphatic carbocycles. The van der Waals surface area contributed by atoms with Crippen molar-refractivity contribution in [1.82, 2.24) is 4.90 Å². The standard InChI is InChI=1S/C11H22N2O/c1-8(2)5-6-13-10(14)7-9(12)11(13,3)4/h8-9H,5-7,12H2,1-4H3. The highest BCUT2D eigenvalue weighted by molar-refractivity contribution is 5.80. The van der Waals surface area contributed by atoms with Crippen LogP contribution >= 0.6 is 0 Å². The lowest BCUT2D eigenvalue weighted by atomic mass is 9.96. The molecule has 1 amide bonds. The Morgan fingerprint density at radius 1 is 1.57 bits per heavy atom. The first-order valence-electron chi connectivity index (χ1n) is 5.41. The van der Waals surface area contributed by atoms with Gasteiger partial charge in [-0.1, -0.05) is 13.8 Å². The highest BCUT2D eigenvalue weighted by atomic mass is 16.2. The molecule has 14 heavy (non-hydrogen) atoms.